The molecule has 3 N–H and O–H groups in total. The van der Waals surface area contributed by atoms with E-state index in [1.54, 1.807) is 0 Å². The van der Waals surface area contributed by atoms with Crippen LogP contribution in [-0.2, 0) is 12.0 Å². The SMILES string of the molecule is CC(O)Cc1cccc(C2(N)CCCCC2)c1. The highest BCUT2D eigenvalue weighted by Gasteiger charge is 2.29. The number of hydrogen-bond acceptors (Lipinski definition) is 2. The first-order valence-corrected chi connectivity index (χ1v) is 6.66. The summed E-state index contributed by atoms with van der Waals surface area (Å²) >= 11 is 0. The molecular formula is C15H23NO. The van der Waals surface area contributed by atoms with Crippen molar-refractivity contribution in [3.05, 3.63) is 35.4 Å². The van der Waals surface area contributed by atoms with Crippen molar-refractivity contribution in [1.29, 1.82) is 0 Å². The maximum absolute atomic E-state index is 9.44. The summed E-state index contributed by atoms with van der Waals surface area (Å²) in [6, 6.07) is 8.45. The molecule has 1 aromatic rings. The minimum Gasteiger partial charge on any atom is -0.393 e. The van der Waals surface area contributed by atoms with Gasteiger partial charge < -0.3 is 10.8 Å². The topological polar surface area (TPSA) is 46.2 Å². The van der Waals surface area contributed by atoms with Gasteiger partial charge in [0.2, 0.25) is 0 Å². The van der Waals surface area contributed by atoms with Crippen LogP contribution in [0.2, 0.25) is 0 Å². The van der Waals surface area contributed by atoms with Gasteiger partial charge in [0.15, 0.2) is 0 Å². The van der Waals surface area contributed by atoms with Crippen molar-refractivity contribution in [2.45, 2.75) is 57.1 Å². The molecule has 0 aliphatic heterocycles. The molecule has 0 aromatic heterocycles. The lowest BCUT2D eigenvalue weighted by molar-refractivity contribution is 0.195. The van der Waals surface area contributed by atoms with Crippen LogP contribution in [0, 0.1) is 0 Å². The summed E-state index contributed by atoms with van der Waals surface area (Å²) in [7, 11) is 0. The fourth-order valence-corrected chi connectivity index (χ4v) is 2.82. The Labute approximate surface area is 104 Å². The molecule has 1 aliphatic rings. The number of nitrogens with two attached hydrogens (primary N) is 1. The van der Waals surface area contributed by atoms with Crippen LogP contribution in [-0.4, -0.2) is 11.2 Å². The Balaban J connectivity index is 2.19. The van der Waals surface area contributed by atoms with Crippen molar-refractivity contribution in [1.82, 2.24) is 0 Å². The quantitative estimate of drug-likeness (QED) is 0.843. The second kappa shape index (κ2) is 5.19. The zero-order valence-corrected chi connectivity index (χ0v) is 10.7. The van der Waals surface area contributed by atoms with E-state index < -0.39 is 0 Å². The standard InChI is InChI=1S/C15H23NO/c1-12(17)10-13-6-5-7-14(11-13)15(16)8-3-2-4-9-15/h5-7,11-12,17H,2-4,8-10,16H2,1H3. The molecule has 1 saturated carbocycles. The number of rotatable bonds is 3. The van der Waals surface area contributed by atoms with Crippen LogP contribution < -0.4 is 5.73 Å². The molecule has 1 unspecified atom stereocenters. The molecule has 17 heavy (non-hydrogen) atoms. The zero-order valence-electron chi connectivity index (χ0n) is 10.7. The molecule has 1 atom stereocenters. The fraction of sp³-hybridized carbons (Fsp3) is 0.600. The molecule has 2 heteroatoms. The van der Waals surface area contributed by atoms with Crippen molar-refractivity contribution in [3.8, 4) is 0 Å². The lowest BCUT2D eigenvalue weighted by Gasteiger charge is -2.34. The van der Waals surface area contributed by atoms with Crippen molar-refractivity contribution in [2.24, 2.45) is 5.73 Å². The molecule has 2 nitrogen and oxygen atoms in total. The van der Waals surface area contributed by atoms with Crippen LogP contribution in [0.4, 0.5) is 0 Å². The molecule has 94 valence electrons. The van der Waals surface area contributed by atoms with Gasteiger partial charge in [0.1, 0.15) is 0 Å². The molecule has 1 fully saturated rings. The van der Waals surface area contributed by atoms with Gasteiger partial charge in [-0.2, -0.15) is 0 Å². The molecule has 2 rings (SSSR count). The van der Waals surface area contributed by atoms with Crippen molar-refractivity contribution in [2.75, 3.05) is 0 Å². The van der Waals surface area contributed by atoms with Crippen LogP contribution in [0.3, 0.4) is 0 Å². The van der Waals surface area contributed by atoms with Gasteiger partial charge in [0, 0.05) is 5.54 Å². The predicted octanol–water partition coefficient (Wildman–Crippen LogP) is 2.73. The molecular weight excluding hydrogens is 210 g/mol. The van der Waals surface area contributed by atoms with Gasteiger partial charge in [-0.15, -0.1) is 0 Å². The van der Waals surface area contributed by atoms with Gasteiger partial charge in [0.25, 0.3) is 0 Å². The summed E-state index contributed by atoms with van der Waals surface area (Å²) in [5, 5.41) is 9.44. The van der Waals surface area contributed by atoms with Crippen LogP contribution >= 0.6 is 0 Å². The van der Waals surface area contributed by atoms with Crippen molar-refractivity contribution >= 4 is 0 Å². The van der Waals surface area contributed by atoms with E-state index in [1.165, 1.54) is 30.4 Å². The Morgan fingerprint density at radius 2 is 2.00 bits per heavy atom. The third kappa shape index (κ3) is 3.08. The van der Waals surface area contributed by atoms with E-state index in [0.29, 0.717) is 6.42 Å². The van der Waals surface area contributed by atoms with Gasteiger partial charge in [0.05, 0.1) is 6.10 Å². The second-order valence-electron chi connectivity index (χ2n) is 5.47. The fourth-order valence-electron chi connectivity index (χ4n) is 2.82. The molecule has 1 aliphatic carbocycles. The minimum absolute atomic E-state index is 0.132. The Morgan fingerprint density at radius 1 is 1.29 bits per heavy atom. The van der Waals surface area contributed by atoms with Gasteiger partial charge >= 0.3 is 0 Å². The Morgan fingerprint density at radius 3 is 2.65 bits per heavy atom. The van der Waals surface area contributed by atoms with E-state index in [-0.39, 0.29) is 11.6 Å². The van der Waals surface area contributed by atoms with Crippen LogP contribution in [0.5, 0.6) is 0 Å². The molecule has 0 spiro atoms. The van der Waals surface area contributed by atoms with Crippen molar-refractivity contribution in [3.63, 3.8) is 0 Å². The second-order valence-corrected chi connectivity index (χ2v) is 5.47. The number of aliphatic hydroxyl groups is 1. The highest BCUT2D eigenvalue weighted by molar-refractivity contribution is 5.30. The average Bonchev–Trinajstić information content (AvgIpc) is 2.29. The smallest absolute Gasteiger partial charge is 0.0552 e. The van der Waals surface area contributed by atoms with Crippen LogP contribution in [0.15, 0.2) is 24.3 Å². The Kier molecular flexibility index (Phi) is 3.85. The summed E-state index contributed by atoms with van der Waals surface area (Å²) < 4.78 is 0. The highest BCUT2D eigenvalue weighted by Crippen LogP contribution is 2.34. The summed E-state index contributed by atoms with van der Waals surface area (Å²) in [6.45, 7) is 1.82. The van der Waals surface area contributed by atoms with Crippen molar-refractivity contribution < 1.29 is 5.11 Å². The number of aliphatic hydroxyl groups excluding tert-OH is 1. The summed E-state index contributed by atoms with van der Waals surface area (Å²) in [5.41, 5.74) is 8.82. The maximum atomic E-state index is 9.44. The minimum atomic E-state index is -0.287. The van der Waals surface area contributed by atoms with E-state index >= 15 is 0 Å². The van der Waals surface area contributed by atoms with Crippen LogP contribution in [0.1, 0.15) is 50.2 Å². The van der Waals surface area contributed by atoms with Gasteiger partial charge in [-0.3, -0.25) is 0 Å². The van der Waals surface area contributed by atoms with Crippen LogP contribution in [0.25, 0.3) is 0 Å². The average molecular weight is 233 g/mol. The largest absolute Gasteiger partial charge is 0.393 e. The normalized spacial score (nSPS) is 21.1. The van der Waals surface area contributed by atoms with Gasteiger partial charge in [-0.1, -0.05) is 43.5 Å². The summed E-state index contributed by atoms with van der Waals surface area (Å²) in [5.74, 6) is 0. The van der Waals surface area contributed by atoms with Gasteiger partial charge in [-0.05, 0) is 37.3 Å². The molecule has 0 heterocycles. The first-order chi connectivity index (χ1) is 8.10. The molecule has 0 radical (unpaired) electrons. The third-order valence-electron chi connectivity index (χ3n) is 3.78. The summed E-state index contributed by atoms with van der Waals surface area (Å²) in [4.78, 5) is 0. The van der Waals surface area contributed by atoms with E-state index in [9.17, 15) is 5.11 Å². The van der Waals surface area contributed by atoms with E-state index in [4.69, 9.17) is 5.73 Å². The monoisotopic (exact) mass is 233 g/mol. The Hall–Kier alpha value is -0.860. The molecule has 0 bridgehead atoms. The lowest BCUT2D eigenvalue weighted by Crippen LogP contribution is -2.38. The third-order valence-corrected chi connectivity index (χ3v) is 3.78. The zero-order chi connectivity index (χ0) is 12.3. The predicted molar refractivity (Wildman–Crippen MR) is 70.8 cm³/mol. The number of hydrogen-bond donors (Lipinski definition) is 2. The highest BCUT2D eigenvalue weighted by atomic mass is 16.3. The van der Waals surface area contributed by atoms with E-state index in [2.05, 4.69) is 24.3 Å². The molecule has 1 aromatic carbocycles. The van der Waals surface area contributed by atoms with E-state index in [1.807, 2.05) is 6.92 Å². The summed E-state index contributed by atoms with van der Waals surface area (Å²) in [6.07, 6.45) is 6.38. The first-order valence-electron chi connectivity index (χ1n) is 6.66. The lowest BCUT2D eigenvalue weighted by atomic mass is 9.77. The first kappa shape index (κ1) is 12.6. The Bertz CT molecular complexity index is 367. The van der Waals surface area contributed by atoms with E-state index in [0.717, 1.165) is 12.8 Å². The molecule has 0 saturated heterocycles. The number of benzene rings is 1. The van der Waals surface area contributed by atoms with Gasteiger partial charge in [-0.25, -0.2) is 0 Å². The maximum Gasteiger partial charge on any atom is 0.0552 e. The molecule has 0 amide bonds.